The topological polar surface area (TPSA) is 72.1 Å². The van der Waals surface area contributed by atoms with Crippen LogP contribution in [0.1, 0.15) is 31.2 Å². The number of hydrogen-bond acceptors (Lipinski definition) is 5. The highest BCUT2D eigenvalue weighted by Crippen LogP contribution is 2.21. The van der Waals surface area contributed by atoms with Gasteiger partial charge in [0, 0.05) is 32.8 Å². The highest BCUT2D eigenvalue weighted by Gasteiger charge is 2.32. The summed E-state index contributed by atoms with van der Waals surface area (Å²) in [6, 6.07) is 1.98. The Labute approximate surface area is 160 Å². The molecule has 1 N–H and O–H groups in total. The minimum atomic E-state index is 0. The van der Waals surface area contributed by atoms with E-state index in [2.05, 4.69) is 27.3 Å². The zero-order valence-corrected chi connectivity index (χ0v) is 16.7. The minimum Gasteiger partial charge on any atom is -0.375 e. The predicted octanol–water partition coefficient (Wildman–Crippen LogP) is 1.81. The van der Waals surface area contributed by atoms with E-state index in [1.54, 1.807) is 7.05 Å². The lowest BCUT2D eigenvalue weighted by Crippen LogP contribution is -2.53. The molecule has 0 aliphatic carbocycles. The second-order valence-corrected chi connectivity index (χ2v) is 5.95. The number of aliphatic imine (C=N–C) groups is 1. The largest absolute Gasteiger partial charge is 0.375 e. The summed E-state index contributed by atoms with van der Waals surface area (Å²) in [6.07, 6.45) is 3.44. The Morgan fingerprint density at radius 3 is 2.88 bits per heavy atom. The van der Waals surface area contributed by atoms with Crippen LogP contribution in [0, 0.1) is 0 Å². The number of aryl methyl sites for hydroxylation is 1. The average Bonchev–Trinajstić information content (AvgIpc) is 3.27. The molecule has 0 spiro atoms. The number of halogens is 1. The van der Waals surface area contributed by atoms with Crippen LogP contribution < -0.4 is 5.32 Å². The van der Waals surface area contributed by atoms with E-state index in [0.717, 1.165) is 56.4 Å². The number of nitrogens with one attached hydrogen (secondary N) is 1. The summed E-state index contributed by atoms with van der Waals surface area (Å²) >= 11 is 0. The van der Waals surface area contributed by atoms with Gasteiger partial charge in [0.15, 0.2) is 11.7 Å². The maximum absolute atomic E-state index is 5.89. The summed E-state index contributed by atoms with van der Waals surface area (Å²) in [6.45, 7) is 5.84. The molecule has 3 heterocycles. The summed E-state index contributed by atoms with van der Waals surface area (Å²) in [5.74, 6) is 1.69. The van der Waals surface area contributed by atoms with Crippen molar-refractivity contribution in [1.29, 1.82) is 0 Å². The smallest absolute Gasteiger partial charge is 0.194 e. The van der Waals surface area contributed by atoms with E-state index in [9.17, 15) is 0 Å². The highest BCUT2D eigenvalue weighted by molar-refractivity contribution is 14.0. The molecule has 0 aromatic carbocycles. The number of morpholine rings is 1. The van der Waals surface area contributed by atoms with E-state index in [1.807, 2.05) is 6.07 Å². The molecule has 0 bridgehead atoms. The standard InChI is InChI=1S/C16H26N4O3.HI/c1-3-12-9-13(23-19-12)10-18-16(17-2)20-6-8-22-15(11-20)14-5-4-7-21-14;/h9,14-15H,3-8,10-11H2,1-2H3,(H,17,18);1H. The van der Waals surface area contributed by atoms with Crippen LogP contribution >= 0.6 is 24.0 Å². The van der Waals surface area contributed by atoms with Gasteiger partial charge in [-0.25, -0.2) is 0 Å². The molecule has 2 atom stereocenters. The molecular weight excluding hydrogens is 423 g/mol. The lowest BCUT2D eigenvalue weighted by Gasteiger charge is -2.37. The van der Waals surface area contributed by atoms with Crippen molar-refractivity contribution in [2.24, 2.45) is 4.99 Å². The number of guanidine groups is 1. The van der Waals surface area contributed by atoms with Crippen molar-refractivity contribution in [3.05, 3.63) is 17.5 Å². The van der Waals surface area contributed by atoms with Gasteiger partial charge in [0.1, 0.15) is 6.10 Å². The quantitative estimate of drug-likeness (QED) is 0.429. The molecule has 1 aromatic rings. The fourth-order valence-corrected chi connectivity index (χ4v) is 3.09. The Morgan fingerprint density at radius 1 is 1.38 bits per heavy atom. The Kier molecular flexibility index (Phi) is 7.76. The maximum Gasteiger partial charge on any atom is 0.194 e. The Balaban J connectivity index is 0.00000208. The van der Waals surface area contributed by atoms with Crippen LogP contribution in [0.5, 0.6) is 0 Å². The summed E-state index contributed by atoms with van der Waals surface area (Å²) < 4.78 is 17.0. The van der Waals surface area contributed by atoms with Crippen LogP contribution in [0.4, 0.5) is 0 Å². The molecule has 0 radical (unpaired) electrons. The van der Waals surface area contributed by atoms with Crippen LogP contribution in [0.25, 0.3) is 0 Å². The first-order chi connectivity index (χ1) is 11.3. The molecule has 24 heavy (non-hydrogen) atoms. The summed E-state index contributed by atoms with van der Waals surface area (Å²) in [5, 5.41) is 7.36. The van der Waals surface area contributed by atoms with Gasteiger partial charge in [-0.2, -0.15) is 0 Å². The summed E-state index contributed by atoms with van der Waals surface area (Å²) in [7, 11) is 1.80. The lowest BCUT2D eigenvalue weighted by atomic mass is 10.1. The molecule has 2 saturated heterocycles. The maximum atomic E-state index is 5.89. The second kappa shape index (κ2) is 9.57. The number of nitrogens with zero attached hydrogens (tertiary/aromatic N) is 3. The zero-order chi connectivity index (χ0) is 16.1. The number of rotatable bonds is 4. The van der Waals surface area contributed by atoms with Crippen molar-refractivity contribution < 1.29 is 14.0 Å². The molecule has 2 unspecified atom stereocenters. The van der Waals surface area contributed by atoms with Gasteiger partial charge >= 0.3 is 0 Å². The van der Waals surface area contributed by atoms with Gasteiger partial charge in [-0.1, -0.05) is 12.1 Å². The SMILES string of the molecule is CCc1cc(CNC(=NC)N2CCOC(C3CCCO3)C2)on1.I. The van der Waals surface area contributed by atoms with Crippen LogP contribution in [-0.4, -0.2) is 61.6 Å². The first-order valence-electron chi connectivity index (χ1n) is 8.43. The zero-order valence-electron chi connectivity index (χ0n) is 14.4. The molecule has 0 amide bonds. The van der Waals surface area contributed by atoms with Gasteiger partial charge in [0.25, 0.3) is 0 Å². The molecule has 7 nitrogen and oxygen atoms in total. The molecule has 136 valence electrons. The van der Waals surface area contributed by atoms with Crippen molar-refractivity contribution in [1.82, 2.24) is 15.4 Å². The Hall–Kier alpha value is -0.870. The predicted molar refractivity (Wildman–Crippen MR) is 102 cm³/mol. The van der Waals surface area contributed by atoms with Gasteiger partial charge in [0.2, 0.25) is 0 Å². The third-order valence-electron chi connectivity index (χ3n) is 4.38. The number of ether oxygens (including phenoxy) is 2. The molecule has 2 aliphatic rings. The lowest BCUT2D eigenvalue weighted by molar-refractivity contribution is -0.0817. The van der Waals surface area contributed by atoms with Gasteiger partial charge < -0.3 is 24.2 Å². The summed E-state index contributed by atoms with van der Waals surface area (Å²) in [4.78, 5) is 6.62. The first kappa shape index (κ1) is 19.5. The average molecular weight is 450 g/mol. The van der Waals surface area contributed by atoms with Crippen molar-refractivity contribution in [2.45, 2.75) is 44.9 Å². The third-order valence-corrected chi connectivity index (χ3v) is 4.38. The van der Waals surface area contributed by atoms with Gasteiger partial charge in [-0.05, 0) is 19.3 Å². The Bertz CT molecular complexity index is 531. The molecule has 2 fully saturated rings. The monoisotopic (exact) mass is 450 g/mol. The van der Waals surface area contributed by atoms with E-state index < -0.39 is 0 Å². The second-order valence-electron chi connectivity index (χ2n) is 5.95. The molecule has 8 heteroatoms. The highest BCUT2D eigenvalue weighted by atomic mass is 127. The van der Waals surface area contributed by atoms with Gasteiger partial charge in [0.05, 0.1) is 24.9 Å². The fraction of sp³-hybridized carbons (Fsp3) is 0.750. The normalized spacial score (nSPS) is 24.8. The first-order valence-corrected chi connectivity index (χ1v) is 8.43. The molecular formula is C16H27IN4O3. The molecule has 2 aliphatic heterocycles. The van der Waals surface area contributed by atoms with Crippen LogP contribution in [0.2, 0.25) is 0 Å². The molecule has 0 saturated carbocycles. The molecule has 1 aromatic heterocycles. The van der Waals surface area contributed by atoms with E-state index in [4.69, 9.17) is 14.0 Å². The van der Waals surface area contributed by atoms with Crippen molar-refractivity contribution >= 4 is 29.9 Å². The third kappa shape index (κ3) is 4.82. The van der Waals surface area contributed by atoms with Crippen molar-refractivity contribution in [3.8, 4) is 0 Å². The van der Waals surface area contributed by atoms with Crippen molar-refractivity contribution in [3.63, 3.8) is 0 Å². The minimum absolute atomic E-state index is 0. The number of hydrogen-bond donors (Lipinski definition) is 1. The van der Waals surface area contributed by atoms with Crippen LogP contribution in [-0.2, 0) is 22.4 Å². The van der Waals surface area contributed by atoms with Crippen molar-refractivity contribution in [2.75, 3.05) is 33.4 Å². The molecule has 3 rings (SSSR count). The Morgan fingerprint density at radius 2 is 2.21 bits per heavy atom. The van der Waals surface area contributed by atoms with E-state index >= 15 is 0 Å². The summed E-state index contributed by atoms with van der Waals surface area (Å²) in [5.41, 5.74) is 0.974. The van der Waals surface area contributed by atoms with Crippen LogP contribution in [0.15, 0.2) is 15.6 Å². The van der Waals surface area contributed by atoms with E-state index in [-0.39, 0.29) is 36.2 Å². The van der Waals surface area contributed by atoms with E-state index in [0.29, 0.717) is 13.2 Å². The van der Waals surface area contributed by atoms with Crippen LogP contribution in [0.3, 0.4) is 0 Å². The number of aromatic nitrogens is 1. The van der Waals surface area contributed by atoms with Gasteiger partial charge in [-0.3, -0.25) is 4.99 Å². The fourth-order valence-electron chi connectivity index (χ4n) is 3.09. The van der Waals surface area contributed by atoms with Gasteiger partial charge in [-0.15, -0.1) is 24.0 Å². The van der Waals surface area contributed by atoms with E-state index in [1.165, 1.54) is 0 Å².